The quantitative estimate of drug-likeness (QED) is 0.480. The molecule has 0 rings (SSSR count). The van der Waals surface area contributed by atoms with Gasteiger partial charge < -0.3 is 10.2 Å². The molecule has 3 nitrogen and oxygen atoms in total. The van der Waals surface area contributed by atoms with E-state index in [-0.39, 0.29) is 19.4 Å². The minimum Gasteiger partial charge on any atom is -0.395 e. The van der Waals surface area contributed by atoms with Gasteiger partial charge in [0.05, 0.1) is 13.3 Å². The van der Waals surface area contributed by atoms with Crippen LogP contribution in [-0.4, -0.2) is 41.5 Å². The average Bonchev–Trinajstić information content (AvgIpc) is 1.84. The van der Waals surface area contributed by atoms with E-state index in [4.69, 9.17) is 10.2 Å². The summed E-state index contributed by atoms with van der Waals surface area (Å²) in [5.41, 5.74) is 0. The fourth-order valence-corrected chi connectivity index (χ4v) is 0.279. The van der Waals surface area contributed by atoms with Gasteiger partial charge in [0.15, 0.2) is 0 Å². The number of aliphatic hydroxyl groups excluding tert-OH is 2. The second-order valence-electron chi connectivity index (χ2n) is 1.93. The lowest BCUT2D eigenvalue weighted by Crippen LogP contribution is -2.32. The zero-order valence-corrected chi connectivity index (χ0v) is 5.33. The van der Waals surface area contributed by atoms with E-state index < -0.39 is 0 Å². The van der Waals surface area contributed by atoms with E-state index >= 15 is 0 Å². The van der Waals surface area contributed by atoms with E-state index in [0.29, 0.717) is 0 Å². The first kappa shape index (κ1) is 7.88. The van der Waals surface area contributed by atoms with Crippen molar-refractivity contribution >= 4 is 0 Å². The zero-order chi connectivity index (χ0) is 6.57. The molecule has 8 heavy (non-hydrogen) atoms. The van der Waals surface area contributed by atoms with Crippen molar-refractivity contribution in [1.29, 1.82) is 0 Å². The first-order valence-corrected chi connectivity index (χ1v) is 2.64. The highest BCUT2D eigenvalue weighted by Crippen LogP contribution is 1.89. The van der Waals surface area contributed by atoms with Crippen LogP contribution in [0.25, 0.3) is 0 Å². The van der Waals surface area contributed by atoms with Crippen molar-refractivity contribution in [3.63, 3.8) is 0 Å². The van der Waals surface area contributed by atoms with Gasteiger partial charge in [-0.2, -0.15) is 0 Å². The van der Waals surface area contributed by atoms with Crippen LogP contribution >= 0.6 is 0 Å². The van der Waals surface area contributed by atoms with Gasteiger partial charge in [-0.15, -0.1) is 0 Å². The third-order valence-electron chi connectivity index (χ3n) is 1.24. The van der Waals surface area contributed by atoms with Crippen molar-refractivity contribution in [2.24, 2.45) is 0 Å². The minimum absolute atomic E-state index is 0.00171. The predicted octanol–water partition coefficient (Wildman–Crippen LogP) is -0.751. The predicted molar refractivity (Wildman–Crippen MR) is 31.4 cm³/mol. The molecule has 0 bridgehead atoms. The third-order valence-corrected chi connectivity index (χ3v) is 1.24. The SMILES string of the molecule is CC(CO)N(C)CO. The van der Waals surface area contributed by atoms with E-state index in [0.717, 1.165) is 0 Å². The Morgan fingerprint density at radius 3 is 2.12 bits per heavy atom. The summed E-state index contributed by atoms with van der Waals surface area (Å²) in [6, 6.07) is 0.0556. The van der Waals surface area contributed by atoms with E-state index in [1.807, 2.05) is 6.92 Å². The molecule has 0 aromatic heterocycles. The molecule has 0 saturated heterocycles. The summed E-state index contributed by atoms with van der Waals surface area (Å²) in [6.45, 7) is 1.94. The molecule has 0 heterocycles. The summed E-state index contributed by atoms with van der Waals surface area (Å²) in [6.07, 6.45) is 0. The van der Waals surface area contributed by atoms with Crippen molar-refractivity contribution in [3.8, 4) is 0 Å². The second-order valence-corrected chi connectivity index (χ2v) is 1.93. The van der Waals surface area contributed by atoms with Crippen LogP contribution in [0.3, 0.4) is 0 Å². The normalized spacial score (nSPS) is 14.6. The highest BCUT2D eigenvalue weighted by atomic mass is 16.3. The topological polar surface area (TPSA) is 43.7 Å². The van der Waals surface area contributed by atoms with Crippen LogP contribution in [0.1, 0.15) is 6.92 Å². The van der Waals surface area contributed by atoms with Gasteiger partial charge in [-0.05, 0) is 14.0 Å². The Bertz CT molecular complexity index is 50.4. The van der Waals surface area contributed by atoms with Crippen LogP contribution in [0.4, 0.5) is 0 Å². The van der Waals surface area contributed by atoms with Crippen molar-refractivity contribution < 1.29 is 10.2 Å². The van der Waals surface area contributed by atoms with Crippen molar-refractivity contribution in [3.05, 3.63) is 0 Å². The standard InChI is InChI=1S/C5H13NO2/c1-5(3-7)6(2)4-8/h5,7-8H,3-4H2,1-2H3. The Hall–Kier alpha value is -0.120. The highest BCUT2D eigenvalue weighted by molar-refractivity contribution is 4.55. The van der Waals surface area contributed by atoms with Gasteiger partial charge >= 0.3 is 0 Å². The lowest BCUT2D eigenvalue weighted by Gasteiger charge is -2.18. The largest absolute Gasteiger partial charge is 0.395 e. The Morgan fingerprint density at radius 1 is 1.50 bits per heavy atom. The fraction of sp³-hybridized carbons (Fsp3) is 1.00. The second kappa shape index (κ2) is 3.83. The maximum Gasteiger partial charge on any atom is 0.0957 e. The number of hydrogen-bond acceptors (Lipinski definition) is 3. The van der Waals surface area contributed by atoms with Crippen molar-refractivity contribution in [2.45, 2.75) is 13.0 Å². The molecule has 0 aliphatic rings. The summed E-state index contributed by atoms with van der Waals surface area (Å²) in [5.74, 6) is 0. The van der Waals surface area contributed by atoms with Crippen molar-refractivity contribution in [2.75, 3.05) is 20.4 Å². The average molecular weight is 119 g/mol. The molecule has 0 saturated carbocycles. The summed E-state index contributed by atoms with van der Waals surface area (Å²) in [4.78, 5) is 1.65. The highest BCUT2D eigenvalue weighted by Gasteiger charge is 2.03. The van der Waals surface area contributed by atoms with E-state index in [1.54, 1.807) is 11.9 Å². The maximum absolute atomic E-state index is 8.48. The Balaban J connectivity index is 3.29. The number of rotatable bonds is 3. The molecule has 0 radical (unpaired) electrons. The molecule has 0 aromatic carbocycles. The van der Waals surface area contributed by atoms with Crippen LogP contribution in [-0.2, 0) is 0 Å². The Morgan fingerprint density at radius 2 is 2.00 bits per heavy atom. The smallest absolute Gasteiger partial charge is 0.0957 e. The third kappa shape index (κ3) is 2.26. The van der Waals surface area contributed by atoms with Crippen LogP contribution in [0.5, 0.6) is 0 Å². The number of hydrogen-bond donors (Lipinski definition) is 2. The van der Waals surface area contributed by atoms with Crippen LogP contribution < -0.4 is 0 Å². The summed E-state index contributed by atoms with van der Waals surface area (Å²) in [5, 5.41) is 16.9. The first-order chi connectivity index (χ1) is 3.72. The lowest BCUT2D eigenvalue weighted by atomic mass is 10.3. The number of aliphatic hydroxyl groups is 2. The Kier molecular flexibility index (Phi) is 3.77. The molecular weight excluding hydrogens is 106 g/mol. The van der Waals surface area contributed by atoms with Gasteiger partial charge in [0.2, 0.25) is 0 Å². The van der Waals surface area contributed by atoms with Gasteiger partial charge in [0.1, 0.15) is 0 Å². The van der Waals surface area contributed by atoms with Gasteiger partial charge in [0, 0.05) is 6.04 Å². The van der Waals surface area contributed by atoms with E-state index in [9.17, 15) is 0 Å². The monoisotopic (exact) mass is 119 g/mol. The first-order valence-electron chi connectivity index (χ1n) is 2.64. The molecule has 1 unspecified atom stereocenters. The molecule has 0 aliphatic heterocycles. The van der Waals surface area contributed by atoms with Crippen LogP contribution in [0.15, 0.2) is 0 Å². The summed E-state index contributed by atoms with van der Waals surface area (Å²) in [7, 11) is 1.75. The van der Waals surface area contributed by atoms with Gasteiger partial charge in [-0.25, -0.2) is 0 Å². The van der Waals surface area contributed by atoms with Gasteiger partial charge in [-0.3, -0.25) is 4.90 Å². The summed E-state index contributed by atoms with van der Waals surface area (Å²) < 4.78 is 0. The molecule has 2 N–H and O–H groups in total. The molecule has 1 atom stereocenters. The van der Waals surface area contributed by atoms with Gasteiger partial charge in [-0.1, -0.05) is 0 Å². The summed E-state index contributed by atoms with van der Waals surface area (Å²) >= 11 is 0. The molecule has 0 fully saturated rings. The molecule has 0 amide bonds. The minimum atomic E-state index is 0.00171. The number of nitrogens with zero attached hydrogens (tertiary/aromatic N) is 1. The lowest BCUT2D eigenvalue weighted by molar-refractivity contribution is 0.0702. The molecule has 50 valence electrons. The van der Waals surface area contributed by atoms with E-state index in [1.165, 1.54) is 0 Å². The molecule has 0 spiro atoms. The van der Waals surface area contributed by atoms with Gasteiger partial charge in [0.25, 0.3) is 0 Å². The Labute approximate surface area is 49.5 Å². The molecule has 0 aromatic rings. The molecule has 3 heteroatoms. The zero-order valence-electron chi connectivity index (χ0n) is 5.33. The maximum atomic E-state index is 8.48. The fourth-order valence-electron chi connectivity index (χ4n) is 0.279. The van der Waals surface area contributed by atoms with Crippen LogP contribution in [0, 0.1) is 0 Å². The molecular formula is C5H13NO2. The molecule has 0 aliphatic carbocycles. The van der Waals surface area contributed by atoms with E-state index in [2.05, 4.69) is 0 Å². The van der Waals surface area contributed by atoms with Crippen LogP contribution in [0.2, 0.25) is 0 Å². The number of likely N-dealkylation sites (N-methyl/N-ethyl adjacent to an activating group) is 1. The van der Waals surface area contributed by atoms with Crippen molar-refractivity contribution in [1.82, 2.24) is 4.90 Å².